The van der Waals surface area contributed by atoms with E-state index in [1.54, 1.807) is 18.9 Å². The number of likely N-dealkylation sites (tertiary alicyclic amines) is 1. The van der Waals surface area contributed by atoms with Gasteiger partial charge in [-0.05, 0) is 87.9 Å². The number of fused-ring (bicyclic) bond motifs is 1. The van der Waals surface area contributed by atoms with Gasteiger partial charge >= 0.3 is 12.1 Å². The summed E-state index contributed by atoms with van der Waals surface area (Å²) in [5.41, 5.74) is 4.71. The second-order valence-electron chi connectivity index (χ2n) is 14.1. The molecule has 0 radical (unpaired) electrons. The van der Waals surface area contributed by atoms with E-state index in [4.69, 9.17) is 28.4 Å². The number of benzene rings is 3. The fourth-order valence-electron chi connectivity index (χ4n) is 6.60. The summed E-state index contributed by atoms with van der Waals surface area (Å²) in [6.45, 7) is 11.0. The van der Waals surface area contributed by atoms with Crippen molar-refractivity contribution in [1.82, 2.24) is 4.90 Å². The van der Waals surface area contributed by atoms with Crippen molar-refractivity contribution in [2.75, 3.05) is 51.9 Å². The monoisotopic (exact) mass is 702 g/mol. The molecule has 2 aliphatic rings. The van der Waals surface area contributed by atoms with Gasteiger partial charge in [-0.15, -0.1) is 0 Å². The summed E-state index contributed by atoms with van der Waals surface area (Å²) in [6.07, 6.45) is 2.25. The van der Waals surface area contributed by atoms with Crippen molar-refractivity contribution < 1.29 is 38.0 Å². The van der Waals surface area contributed by atoms with Gasteiger partial charge in [-0.25, -0.2) is 4.79 Å². The number of hydrogen-bond acceptors (Lipinski definition) is 9. The summed E-state index contributed by atoms with van der Waals surface area (Å²) in [5, 5.41) is 3.49. The number of carbonyl (C=O) groups is 2. The molecule has 10 nitrogen and oxygen atoms in total. The van der Waals surface area contributed by atoms with E-state index < -0.39 is 17.8 Å². The Bertz CT molecular complexity index is 1570. The highest BCUT2D eigenvalue weighted by molar-refractivity contribution is 5.70. The van der Waals surface area contributed by atoms with Crippen LogP contribution in [0.25, 0.3) is 0 Å². The minimum Gasteiger partial charge on any atom is -0.496 e. The molecule has 276 valence electrons. The number of rotatable bonds is 15. The van der Waals surface area contributed by atoms with Crippen molar-refractivity contribution in [3.05, 3.63) is 89.0 Å². The summed E-state index contributed by atoms with van der Waals surface area (Å²) in [4.78, 5) is 27.8. The van der Waals surface area contributed by atoms with E-state index in [0.717, 1.165) is 59.7 Å². The summed E-state index contributed by atoms with van der Waals surface area (Å²) < 4.78 is 35.3. The number of amides is 1. The number of nitrogens with one attached hydrogen (secondary N) is 1. The maximum absolute atomic E-state index is 13.2. The van der Waals surface area contributed by atoms with Gasteiger partial charge < -0.3 is 38.6 Å². The predicted octanol–water partition coefficient (Wildman–Crippen LogP) is 7.84. The number of aryl methyl sites for hydroxylation is 1. The first-order valence-corrected chi connectivity index (χ1v) is 18.2. The van der Waals surface area contributed by atoms with E-state index in [0.29, 0.717) is 45.9 Å². The number of hydrogen-bond donors (Lipinski definition) is 1. The number of carbonyl (C=O) groups excluding carboxylic acids is 2. The van der Waals surface area contributed by atoms with Crippen molar-refractivity contribution in [2.45, 2.75) is 90.1 Å². The molecule has 0 aliphatic carbocycles. The first-order chi connectivity index (χ1) is 24.6. The number of esters is 1. The van der Waals surface area contributed by atoms with Crippen molar-refractivity contribution >= 4 is 17.7 Å². The smallest absolute Gasteiger partial charge is 0.410 e. The maximum Gasteiger partial charge on any atom is 0.410 e. The Labute approximate surface area is 302 Å². The average molecular weight is 703 g/mol. The van der Waals surface area contributed by atoms with Crippen LogP contribution in [0.2, 0.25) is 0 Å². The molecule has 1 amide bonds. The molecule has 51 heavy (non-hydrogen) atoms. The van der Waals surface area contributed by atoms with Crippen molar-refractivity contribution in [1.29, 1.82) is 0 Å². The second-order valence-corrected chi connectivity index (χ2v) is 14.1. The topological polar surface area (TPSA) is 105 Å². The van der Waals surface area contributed by atoms with E-state index in [1.165, 1.54) is 5.56 Å². The Morgan fingerprint density at radius 2 is 1.82 bits per heavy atom. The number of ether oxygens (including phenoxy) is 6. The van der Waals surface area contributed by atoms with Crippen LogP contribution in [0.1, 0.15) is 87.7 Å². The number of para-hydroxylation sites is 1. The van der Waals surface area contributed by atoms with E-state index in [-0.39, 0.29) is 24.4 Å². The number of methoxy groups -OCH3 is 1. The molecule has 1 N–H and O–H groups in total. The van der Waals surface area contributed by atoms with Crippen LogP contribution in [-0.4, -0.2) is 75.2 Å². The molecule has 10 heteroatoms. The van der Waals surface area contributed by atoms with E-state index in [2.05, 4.69) is 35.6 Å². The third kappa shape index (κ3) is 11.1. The SMILES string of the molecule is CCOC(=O)CC(OC1CN(C(=O)OC(C)(C)C)CCC1c1ccc(OCCCOCc2ccccc2OC)cc1)c1ccc2c(c1)NCCC2. The lowest BCUT2D eigenvalue weighted by Gasteiger charge is -2.40. The first kappa shape index (κ1) is 38.0. The van der Waals surface area contributed by atoms with Crippen LogP contribution in [0.5, 0.6) is 11.5 Å². The number of piperidine rings is 1. The third-order valence-corrected chi connectivity index (χ3v) is 9.11. The third-order valence-electron chi connectivity index (χ3n) is 9.11. The normalized spacial score (nSPS) is 17.9. The zero-order chi connectivity index (χ0) is 36.2. The van der Waals surface area contributed by atoms with Crippen molar-refractivity contribution in [2.24, 2.45) is 0 Å². The van der Waals surface area contributed by atoms with Gasteiger partial charge in [0.15, 0.2) is 0 Å². The lowest BCUT2D eigenvalue weighted by molar-refractivity contribution is -0.149. The van der Waals surface area contributed by atoms with Crippen LogP contribution in [0.3, 0.4) is 0 Å². The molecular weight excluding hydrogens is 648 g/mol. The Kier molecular flexibility index (Phi) is 13.6. The van der Waals surface area contributed by atoms with E-state index >= 15 is 0 Å². The molecule has 2 aliphatic heterocycles. The predicted molar refractivity (Wildman–Crippen MR) is 196 cm³/mol. The van der Waals surface area contributed by atoms with Crippen LogP contribution in [0.4, 0.5) is 10.5 Å². The lowest BCUT2D eigenvalue weighted by atomic mass is 9.86. The summed E-state index contributed by atoms with van der Waals surface area (Å²) in [6, 6.07) is 22.2. The Morgan fingerprint density at radius 3 is 2.59 bits per heavy atom. The van der Waals surface area contributed by atoms with Crippen LogP contribution >= 0.6 is 0 Å². The molecule has 3 aromatic rings. The summed E-state index contributed by atoms with van der Waals surface area (Å²) >= 11 is 0. The second kappa shape index (κ2) is 18.3. The van der Waals surface area contributed by atoms with Crippen LogP contribution < -0.4 is 14.8 Å². The highest BCUT2D eigenvalue weighted by Crippen LogP contribution is 2.37. The largest absolute Gasteiger partial charge is 0.496 e. The van der Waals surface area contributed by atoms with Gasteiger partial charge in [-0.1, -0.05) is 42.5 Å². The molecule has 0 bridgehead atoms. The van der Waals surface area contributed by atoms with Gasteiger partial charge in [0.1, 0.15) is 17.1 Å². The average Bonchev–Trinajstić information content (AvgIpc) is 3.12. The van der Waals surface area contributed by atoms with Gasteiger partial charge in [0.05, 0.1) is 58.7 Å². The van der Waals surface area contributed by atoms with Crippen molar-refractivity contribution in [3.8, 4) is 11.5 Å². The number of nitrogens with zero attached hydrogens (tertiary/aromatic N) is 1. The molecule has 3 atom stereocenters. The zero-order valence-corrected chi connectivity index (χ0v) is 30.8. The van der Waals surface area contributed by atoms with Crippen molar-refractivity contribution in [3.63, 3.8) is 0 Å². The zero-order valence-electron chi connectivity index (χ0n) is 30.8. The quantitative estimate of drug-likeness (QED) is 0.125. The molecule has 2 heterocycles. The van der Waals surface area contributed by atoms with Crippen LogP contribution in [0.15, 0.2) is 66.7 Å². The number of anilines is 1. The first-order valence-electron chi connectivity index (χ1n) is 18.2. The van der Waals surface area contributed by atoms with Gasteiger partial charge in [-0.2, -0.15) is 0 Å². The van der Waals surface area contributed by atoms with Gasteiger partial charge in [0.2, 0.25) is 0 Å². The van der Waals surface area contributed by atoms with Gasteiger partial charge in [0.25, 0.3) is 0 Å². The molecule has 1 fully saturated rings. The Balaban J connectivity index is 1.27. The molecule has 1 saturated heterocycles. The van der Waals surface area contributed by atoms with E-state index in [9.17, 15) is 9.59 Å². The fourth-order valence-corrected chi connectivity index (χ4v) is 6.60. The molecule has 3 aromatic carbocycles. The molecule has 0 saturated carbocycles. The molecule has 0 spiro atoms. The Morgan fingerprint density at radius 1 is 1.02 bits per heavy atom. The molecular formula is C41H54N2O8. The summed E-state index contributed by atoms with van der Waals surface area (Å²) in [7, 11) is 1.66. The summed E-state index contributed by atoms with van der Waals surface area (Å²) in [5.74, 6) is 1.24. The highest BCUT2D eigenvalue weighted by Gasteiger charge is 2.37. The highest BCUT2D eigenvalue weighted by atomic mass is 16.6. The lowest BCUT2D eigenvalue weighted by Crippen LogP contribution is -2.48. The van der Waals surface area contributed by atoms with Gasteiger partial charge in [-0.3, -0.25) is 4.79 Å². The van der Waals surface area contributed by atoms with E-state index in [1.807, 2.05) is 57.2 Å². The fraction of sp³-hybridized carbons (Fsp3) is 0.512. The standard InChI is InChI=1S/C41H54N2O8/c1-6-48-39(44)26-37(31-15-14-30-12-9-21-42-35(30)25-31)50-38-27-43(40(45)51-41(2,3)4)22-20-34(38)29-16-18-33(19-17-29)49-24-10-23-47-28-32-11-7-8-13-36(32)46-5/h7-8,11,13-19,25,34,37-38,42H,6,9-10,12,20-24,26-28H2,1-5H3. The van der Waals surface area contributed by atoms with Crippen LogP contribution in [0, 0.1) is 0 Å². The Hall–Kier alpha value is -4.28. The minimum atomic E-state index is -0.621. The molecule has 3 unspecified atom stereocenters. The van der Waals surface area contributed by atoms with Crippen LogP contribution in [-0.2, 0) is 36.8 Å². The molecule has 5 rings (SSSR count). The molecule has 0 aromatic heterocycles. The minimum absolute atomic E-state index is 0.0263. The van der Waals surface area contributed by atoms with Gasteiger partial charge in [0, 0.05) is 36.7 Å². The maximum atomic E-state index is 13.2.